The number of sulfonamides is 1. The van der Waals surface area contributed by atoms with Gasteiger partial charge in [0.05, 0.1) is 24.0 Å². The van der Waals surface area contributed by atoms with Gasteiger partial charge in [-0.2, -0.15) is 5.06 Å². The van der Waals surface area contributed by atoms with Gasteiger partial charge in [-0.3, -0.25) is 0 Å². The number of nitrogens with one attached hydrogen (secondary N) is 1. The molecule has 5 fully saturated rings. The van der Waals surface area contributed by atoms with Crippen molar-refractivity contribution in [2.45, 2.75) is 116 Å². The molecule has 6 nitrogen and oxygen atoms in total. The fourth-order valence-electron chi connectivity index (χ4n) is 10.4. The number of hydrogen-bond acceptors (Lipinski definition) is 5. The van der Waals surface area contributed by atoms with Crippen molar-refractivity contribution < 1.29 is 18.4 Å². The number of nitrogens with zero attached hydrogens (tertiary/aromatic N) is 1. The Balaban J connectivity index is 1.23. The molecule has 3 saturated carbocycles. The Labute approximate surface area is 218 Å². The van der Waals surface area contributed by atoms with Crippen molar-refractivity contribution in [3.63, 3.8) is 0 Å². The second-order valence-corrected chi connectivity index (χ2v) is 16.0. The van der Waals surface area contributed by atoms with E-state index in [0.717, 1.165) is 56.9 Å². The van der Waals surface area contributed by atoms with Crippen LogP contribution in [0.15, 0.2) is 11.1 Å². The summed E-state index contributed by atoms with van der Waals surface area (Å²) in [7, 11) is -3.15. The lowest BCUT2D eigenvalue weighted by atomic mass is 9.52. The van der Waals surface area contributed by atoms with E-state index in [2.05, 4.69) is 32.4 Å². The molecule has 2 aliphatic heterocycles. The Morgan fingerprint density at radius 2 is 1.89 bits per heavy atom. The van der Waals surface area contributed by atoms with Gasteiger partial charge in [0.2, 0.25) is 10.0 Å². The third-order valence-corrected chi connectivity index (χ3v) is 12.9. The Hall–Kier alpha value is -0.470. The maximum Gasteiger partial charge on any atom is 0.208 e. The second-order valence-electron chi connectivity index (χ2n) is 14.2. The van der Waals surface area contributed by atoms with Gasteiger partial charge in [0.1, 0.15) is 0 Å². The van der Waals surface area contributed by atoms with Crippen LogP contribution in [0.2, 0.25) is 0 Å². The van der Waals surface area contributed by atoms with E-state index in [1.165, 1.54) is 31.9 Å². The fourth-order valence-corrected chi connectivity index (χ4v) is 11.3. The molecular formula is C29H48N2O4S. The molecule has 0 bridgehead atoms. The largest absolute Gasteiger partial charge is 0.369 e. The van der Waals surface area contributed by atoms with Crippen molar-refractivity contribution >= 4 is 10.0 Å². The van der Waals surface area contributed by atoms with Crippen LogP contribution in [0.1, 0.15) is 91.9 Å². The molecule has 7 heteroatoms. The van der Waals surface area contributed by atoms with Gasteiger partial charge in [0.25, 0.3) is 0 Å². The maximum absolute atomic E-state index is 11.9. The maximum atomic E-state index is 11.9. The minimum absolute atomic E-state index is 0.112. The van der Waals surface area contributed by atoms with Crippen molar-refractivity contribution in [2.24, 2.45) is 40.9 Å². The standard InChI is InChI=1S/C29H48N2O4S/c1-17-12-26-27(31(32)16-17)19(3)29(35-26)11-9-22-23-7-6-20-13-21(30-36(5,33)34)8-10-28(20,4)25(23)14-24(22)18(2)15-29/h17,19-23,25-27,30,32H,6-16H2,1-5H3/t17-,19+,20+,21+,22-,23?,25-,26?,27-,28-,29-/m0/s1. The molecule has 4 aliphatic carbocycles. The second kappa shape index (κ2) is 8.77. The average Bonchev–Trinajstić information content (AvgIpc) is 3.23. The van der Waals surface area contributed by atoms with Gasteiger partial charge >= 0.3 is 0 Å². The molecule has 6 rings (SSSR count). The summed E-state index contributed by atoms with van der Waals surface area (Å²) in [6, 6.07) is 0.246. The number of hydroxylamine groups is 2. The minimum Gasteiger partial charge on any atom is -0.369 e. The van der Waals surface area contributed by atoms with Crippen LogP contribution in [-0.4, -0.2) is 55.3 Å². The van der Waals surface area contributed by atoms with Gasteiger partial charge in [-0.05, 0) is 106 Å². The lowest BCUT2D eigenvalue weighted by Crippen LogP contribution is -2.50. The highest BCUT2D eigenvalue weighted by molar-refractivity contribution is 7.88. The predicted molar refractivity (Wildman–Crippen MR) is 141 cm³/mol. The third kappa shape index (κ3) is 4.06. The lowest BCUT2D eigenvalue weighted by molar-refractivity contribution is -0.178. The van der Waals surface area contributed by atoms with Crippen LogP contribution < -0.4 is 4.72 Å². The number of fused-ring (bicyclic) bond motifs is 6. The molecule has 2 N–H and O–H groups in total. The number of piperidine rings is 1. The van der Waals surface area contributed by atoms with Crippen molar-refractivity contribution in [1.82, 2.24) is 9.79 Å². The van der Waals surface area contributed by atoms with Crippen LogP contribution in [0.3, 0.4) is 0 Å². The topological polar surface area (TPSA) is 78.9 Å². The summed E-state index contributed by atoms with van der Waals surface area (Å²) in [6.45, 7) is 10.2. The van der Waals surface area contributed by atoms with Crippen LogP contribution in [0.5, 0.6) is 0 Å². The first-order valence-electron chi connectivity index (χ1n) is 14.7. The van der Waals surface area contributed by atoms with Gasteiger partial charge in [0.15, 0.2) is 0 Å². The van der Waals surface area contributed by atoms with Crippen molar-refractivity contribution in [3.8, 4) is 0 Å². The van der Waals surface area contributed by atoms with Gasteiger partial charge in [-0.15, -0.1) is 0 Å². The normalized spacial score (nSPS) is 51.4. The van der Waals surface area contributed by atoms with Crippen LogP contribution in [0.25, 0.3) is 0 Å². The monoisotopic (exact) mass is 520 g/mol. The molecule has 1 spiro atoms. The summed E-state index contributed by atoms with van der Waals surface area (Å²) in [5.74, 6) is 3.62. The fraction of sp³-hybridized carbons (Fsp3) is 0.931. The average molecular weight is 521 g/mol. The molecule has 2 unspecified atom stereocenters. The summed E-state index contributed by atoms with van der Waals surface area (Å²) < 4.78 is 33.6. The molecule has 0 aromatic carbocycles. The Morgan fingerprint density at radius 3 is 2.64 bits per heavy atom. The smallest absolute Gasteiger partial charge is 0.208 e. The quantitative estimate of drug-likeness (QED) is 0.494. The molecule has 0 radical (unpaired) electrons. The Bertz CT molecular complexity index is 1030. The molecule has 2 saturated heterocycles. The highest BCUT2D eigenvalue weighted by Gasteiger charge is 2.60. The van der Waals surface area contributed by atoms with E-state index < -0.39 is 10.0 Å². The summed E-state index contributed by atoms with van der Waals surface area (Å²) >= 11 is 0. The lowest BCUT2D eigenvalue weighted by Gasteiger charge is -2.54. The van der Waals surface area contributed by atoms with Gasteiger partial charge in [0, 0.05) is 18.5 Å². The summed E-state index contributed by atoms with van der Waals surface area (Å²) in [5, 5.41) is 12.4. The zero-order chi connectivity index (χ0) is 25.6. The van der Waals surface area contributed by atoms with Crippen molar-refractivity contribution in [1.29, 1.82) is 0 Å². The molecule has 11 atom stereocenters. The van der Waals surface area contributed by atoms with Crippen molar-refractivity contribution in [2.75, 3.05) is 12.8 Å². The van der Waals surface area contributed by atoms with E-state index in [1.807, 2.05) is 0 Å². The Kier molecular flexibility index (Phi) is 6.28. The number of ether oxygens (including phenoxy) is 1. The number of rotatable bonds is 2. The zero-order valence-corrected chi connectivity index (χ0v) is 23.8. The van der Waals surface area contributed by atoms with E-state index in [9.17, 15) is 13.6 Å². The summed E-state index contributed by atoms with van der Waals surface area (Å²) in [5.41, 5.74) is 3.51. The predicted octanol–water partition coefficient (Wildman–Crippen LogP) is 5.13. The van der Waals surface area contributed by atoms with Gasteiger partial charge in [-0.1, -0.05) is 31.9 Å². The van der Waals surface area contributed by atoms with Gasteiger partial charge < -0.3 is 9.94 Å². The highest BCUT2D eigenvalue weighted by Crippen LogP contribution is 2.65. The molecule has 0 amide bonds. The minimum atomic E-state index is -3.15. The molecule has 6 aliphatic rings. The summed E-state index contributed by atoms with van der Waals surface area (Å²) in [4.78, 5) is 0. The van der Waals surface area contributed by atoms with Crippen LogP contribution in [0, 0.1) is 40.9 Å². The zero-order valence-electron chi connectivity index (χ0n) is 23.0. The SMILES string of the molecule is CC1=C2C[C@H]3C(CC[C@@H]4C[C@H](NS(C)(=O)=O)CC[C@@]43C)[C@@H]2CC[C@@]2(C1)OC1C[C@H](C)CN(O)[C@H]1[C@H]2C. The Morgan fingerprint density at radius 1 is 1.11 bits per heavy atom. The van der Waals surface area contributed by atoms with E-state index in [4.69, 9.17) is 4.74 Å². The van der Waals surface area contributed by atoms with E-state index in [1.54, 1.807) is 16.2 Å². The van der Waals surface area contributed by atoms with E-state index in [0.29, 0.717) is 29.1 Å². The molecule has 204 valence electrons. The first-order chi connectivity index (χ1) is 16.9. The van der Waals surface area contributed by atoms with Gasteiger partial charge in [-0.25, -0.2) is 13.1 Å². The first-order valence-corrected chi connectivity index (χ1v) is 16.6. The molecule has 36 heavy (non-hydrogen) atoms. The van der Waals surface area contributed by atoms with E-state index >= 15 is 0 Å². The van der Waals surface area contributed by atoms with Crippen LogP contribution >= 0.6 is 0 Å². The number of hydrogen-bond donors (Lipinski definition) is 2. The molecular weight excluding hydrogens is 472 g/mol. The third-order valence-electron chi connectivity index (χ3n) is 12.1. The van der Waals surface area contributed by atoms with Crippen molar-refractivity contribution in [3.05, 3.63) is 11.1 Å². The van der Waals surface area contributed by atoms with Crippen LogP contribution in [-0.2, 0) is 14.8 Å². The highest BCUT2D eigenvalue weighted by atomic mass is 32.2. The van der Waals surface area contributed by atoms with E-state index in [-0.39, 0.29) is 23.8 Å². The molecule has 0 aromatic rings. The summed E-state index contributed by atoms with van der Waals surface area (Å²) in [6.07, 6.45) is 12.7. The van der Waals surface area contributed by atoms with Crippen LogP contribution in [0.4, 0.5) is 0 Å². The molecule has 0 aromatic heterocycles. The molecule has 2 heterocycles. The first kappa shape index (κ1) is 25.8. The number of allylic oxidation sites excluding steroid dienone is 1.